The zero-order valence-corrected chi connectivity index (χ0v) is 11.3. The van der Waals surface area contributed by atoms with Gasteiger partial charge in [-0.1, -0.05) is 37.3 Å². The van der Waals surface area contributed by atoms with Crippen molar-refractivity contribution < 1.29 is 4.74 Å². The predicted molar refractivity (Wildman–Crippen MR) is 76.5 cm³/mol. The van der Waals surface area contributed by atoms with Gasteiger partial charge in [0.1, 0.15) is 0 Å². The van der Waals surface area contributed by atoms with Crippen LogP contribution in [0.25, 0.3) is 0 Å². The monoisotopic (exact) mass is 257 g/mol. The van der Waals surface area contributed by atoms with Crippen LogP contribution in [0.15, 0.2) is 42.6 Å². The Bertz CT molecular complexity index is 502. The van der Waals surface area contributed by atoms with E-state index in [-0.39, 0.29) is 0 Å². The zero-order chi connectivity index (χ0) is 13.5. The molecule has 1 N–H and O–H groups in total. The van der Waals surface area contributed by atoms with Crippen molar-refractivity contribution in [1.29, 1.82) is 0 Å². The second-order valence-electron chi connectivity index (χ2n) is 4.45. The molecule has 0 aliphatic rings. The van der Waals surface area contributed by atoms with Crippen LogP contribution in [-0.2, 0) is 0 Å². The highest BCUT2D eigenvalue weighted by molar-refractivity contribution is 5.27. The van der Waals surface area contributed by atoms with Gasteiger partial charge in [-0.3, -0.25) is 0 Å². The number of nitrogens with zero attached hydrogens (tertiary/aromatic N) is 2. The maximum atomic E-state index is 5.06. The predicted octanol–water partition coefficient (Wildman–Crippen LogP) is 3.09. The lowest BCUT2D eigenvalue weighted by Gasteiger charge is -2.12. The molecule has 0 fully saturated rings. The molecule has 1 atom stereocenters. The summed E-state index contributed by atoms with van der Waals surface area (Å²) in [5.74, 6) is 1.70. The van der Waals surface area contributed by atoms with Gasteiger partial charge in [0.15, 0.2) is 0 Å². The van der Waals surface area contributed by atoms with Crippen LogP contribution in [0.1, 0.15) is 24.8 Å². The minimum atomic E-state index is 0.513. The number of aromatic nitrogens is 2. The van der Waals surface area contributed by atoms with Gasteiger partial charge in [0.25, 0.3) is 0 Å². The largest absolute Gasteiger partial charge is 0.481 e. The molecule has 0 saturated carbocycles. The molecule has 4 nitrogen and oxygen atoms in total. The van der Waals surface area contributed by atoms with Gasteiger partial charge in [-0.2, -0.15) is 4.98 Å². The second kappa shape index (κ2) is 6.73. The summed E-state index contributed by atoms with van der Waals surface area (Å²) in [6.07, 6.45) is 2.72. The fourth-order valence-corrected chi connectivity index (χ4v) is 1.89. The molecule has 1 unspecified atom stereocenters. The van der Waals surface area contributed by atoms with Crippen LogP contribution in [0.4, 0.5) is 5.95 Å². The molecule has 0 amide bonds. The first-order chi connectivity index (χ1) is 9.29. The van der Waals surface area contributed by atoms with Crippen molar-refractivity contribution >= 4 is 5.95 Å². The molecule has 100 valence electrons. The van der Waals surface area contributed by atoms with Crippen molar-refractivity contribution in [3.63, 3.8) is 0 Å². The number of nitrogens with one attached hydrogen (secondary N) is 1. The maximum absolute atomic E-state index is 5.06. The van der Waals surface area contributed by atoms with E-state index >= 15 is 0 Å². The lowest BCUT2D eigenvalue weighted by atomic mass is 9.98. The molecular formula is C15H19N3O. The Hall–Kier alpha value is -2.10. The van der Waals surface area contributed by atoms with E-state index in [2.05, 4.69) is 46.5 Å². The first-order valence-electron chi connectivity index (χ1n) is 6.45. The van der Waals surface area contributed by atoms with E-state index in [1.54, 1.807) is 19.4 Å². The Balaban J connectivity index is 1.83. The number of benzene rings is 1. The highest BCUT2D eigenvalue weighted by atomic mass is 16.5. The fraction of sp³-hybridized carbons (Fsp3) is 0.333. The zero-order valence-electron chi connectivity index (χ0n) is 11.3. The van der Waals surface area contributed by atoms with Crippen LogP contribution < -0.4 is 10.1 Å². The molecule has 1 aromatic heterocycles. The van der Waals surface area contributed by atoms with Gasteiger partial charge in [-0.25, -0.2) is 4.98 Å². The van der Waals surface area contributed by atoms with E-state index in [0.717, 1.165) is 13.0 Å². The van der Waals surface area contributed by atoms with Gasteiger partial charge in [0.2, 0.25) is 11.8 Å². The fourth-order valence-electron chi connectivity index (χ4n) is 1.89. The number of ether oxygens (including phenoxy) is 1. The minimum absolute atomic E-state index is 0.513. The number of rotatable bonds is 6. The third-order valence-electron chi connectivity index (χ3n) is 3.07. The normalized spacial score (nSPS) is 11.9. The van der Waals surface area contributed by atoms with E-state index < -0.39 is 0 Å². The minimum Gasteiger partial charge on any atom is -0.481 e. The molecule has 19 heavy (non-hydrogen) atoms. The van der Waals surface area contributed by atoms with Crippen molar-refractivity contribution in [2.24, 2.45) is 0 Å². The van der Waals surface area contributed by atoms with E-state index in [9.17, 15) is 0 Å². The molecule has 1 heterocycles. The van der Waals surface area contributed by atoms with Gasteiger partial charge < -0.3 is 10.1 Å². The molecule has 0 aliphatic carbocycles. The highest BCUT2D eigenvalue weighted by Crippen LogP contribution is 2.18. The van der Waals surface area contributed by atoms with Crippen LogP contribution in [0.2, 0.25) is 0 Å². The first kappa shape index (κ1) is 13.3. The lowest BCUT2D eigenvalue weighted by molar-refractivity contribution is 0.397. The Labute approximate surface area is 113 Å². The van der Waals surface area contributed by atoms with E-state index in [0.29, 0.717) is 17.7 Å². The van der Waals surface area contributed by atoms with Gasteiger partial charge in [0, 0.05) is 18.8 Å². The Morgan fingerprint density at radius 1 is 1.21 bits per heavy atom. The van der Waals surface area contributed by atoms with Crippen molar-refractivity contribution in [3.8, 4) is 5.88 Å². The van der Waals surface area contributed by atoms with Crippen LogP contribution >= 0.6 is 0 Å². The Morgan fingerprint density at radius 3 is 2.74 bits per heavy atom. The second-order valence-corrected chi connectivity index (χ2v) is 4.45. The molecule has 1 aromatic carbocycles. The SMILES string of the molecule is COc1ccnc(NCCC(C)c2ccccc2)n1. The van der Waals surface area contributed by atoms with Crippen molar-refractivity contribution in [2.75, 3.05) is 19.0 Å². The maximum Gasteiger partial charge on any atom is 0.225 e. The van der Waals surface area contributed by atoms with Crippen LogP contribution in [0, 0.1) is 0 Å². The number of methoxy groups -OCH3 is 1. The summed E-state index contributed by atoms with van der Waals surface area (Å²) in [5.41, 5.74) is 1.36. The number of hydrogen-bond acceptors (Lipinski definition) is 4. The molecule has 0 bridgehead atoms. The topological polar surface area (TPSA) is 47.0 Å². The molecule has 0 aliphatic heterocycles. The lowest BCUT2D eigenvalue weighted by Crippen LogP contribution is -2.08. The van der Waals surface area contributed by atoms with Gasteiger partial charge >= 0.3 is 0 Å². The van der Waals surface area contributed by atoms with Crippen LogP contribution in [0.3, 0.4) is 0 Å². The highest BCUT2D eigenvalue weighted by Gasteiger charge is 2.05. The van der Waals surface area contributed by atoms with Gasteiger partial charge in [0.05, 0.1) is 7.11 Å². The quantitative estimate of drug-likeness (QED) is 0.863. The van der Waals surface area contributed by atoms with Crippen molar-refractivity contribution in [1.82, 2.24) is 9.97 Å². The third-order valence-corrected chi connectivity index (χ3v) is 3.07. The number of hydrogen-bond donors (Lipinski definition) is 1. The molecule has 2 aromatic rings. The summed E-state index contributed by atoms with van der Waals surface area (Å²) in [5, 5.41) is 3.22. The molecule has 0 radical (unpaired) electrons. The van der Waals surface area contributed by atoms with Gasteiger partial charge in [-0.05, 0) is 17.9 Å². The standard InChI is InChI=1S/C15H19N3O/c1-12(13-6-4-3-5-7-13)8-10-16-15-17-11-9-14(18-15)19-2/h3-7,9,11-12H,8,10H2,1-2H3,(H,16,17,18). The average molecular weight is 257 g/mol. The summed E-state index contributed by atoms with van der Waals surface area (Å²) in [6, 6.07) is 12.2. The molecule has 2 rings (SSSR count). The number of anilines is 1. The van der Waals surface area contributed by atoms with Crippen molar-refractivity contribution in [3.05, 3.63) is 48.2 Å². The summed E-state index contributed by atoms with van der Waals surface area (Å²) < 4.78 is 5.06. The van der Waals surface area contributed by atoms with Crippen LogP contribution in [0.5, 0.6) is 5.88 Å². The van der Waals surface area contributed by atoms with E-state index in [1.807, 2.05) is 6.07 Å². The van der Waals surface area contributed by atoms with E-state index in [1.165, 1.54) is 5.56 Å². The third kappa shape index (κ3) is 3.95. The first-order valence-corrected chi connectivity index (χ1v) is 6.45. The molecule has 0 spiro atoms. The average Bonchev–Trinajstić information content (AvgIpc) is 2.48. The van der Waals surface area contributed by atoms with Crippen molar-refractivity contribution in [2.45, 2.75) is 19.3 Å². The van der Waals surface area contributed by atoms with Crippen LogP contribution in [-0.4, -0.2) is 23.6 Å². The van der Waals surface area contributed by atoms with E-state index in [4.69, 9.17) is 4.74 Å². The summed E-state index contributed by atoms with van der Waals surface area (Å²) in [4.78, 5) is 8.37. The Kier molecular flexibility index (Phi) is 4.72. The van der Waals surface area contributed by atoms with Gasteiger partial charge in [-0.15, -0.1) is 0 Å². The smallest absolute Gasteiger partial charge is 0.225 e. The summed E-state index contributed by atoms with van der Waals surface area (Å²) in [6.45, 7) is 3.06. The molecular weight excluding hydrogens is 238 g/mol. The summed E-state index contributed by atoms with van der Waals surface area (Å²) >= 11 is 0. The Morgan fingerprint density at radius 2 is 2.00 bits per heavy atom. The summed E-state index contributed by atoms with van der Waals surface area (Å²) in [7, 11) is 1.60. The molecule has 4 heteroatoms. The molecule has 0 saturated heterocycles.